The molecule has 1 aromatic rings. The van der Waals surface area contributed by atoms with Gasteiger partial charge >= 0.3 is 11.9 Å². The Morgan fingerprint density at radius 2 is 1.93 bits per heavy atom. The highest BCUT2D eigenvalue weighted by Gasteiger charge is 2.62. The molecule has 5 atom stereocenters. The van der Waals surface area contributed by atoms with Gasteiger partial charge in [-0.05, 0) is 45.1 Å². The van der Waals surface area contributed by atoms with Crippen molar-refractivity contribution >= 4 is 17.7 Å². The molecule has 5 unspecified atom stereocenters. The summed E-state index contributed by atoms with van der Waals surface area (Å²) in [6.07, 6.45) is 3.37. The van der Waals surface area contributed by atoms with Crippen molar-refractivity contribution in [2.75, 3.05) is 0 Å². The fourth-order valence-electron chi connectivity index (χ4n) is 4.74. The number of aryl methyl sites for hydroxylation is 1. The minimum atomic E-state index is -0.708. The molecule has 1 aromatic heterocycles. The van der Waals surface area contributed by atoms with Gasteiger partial charge in [-0.2, -0.15) is 0 Å². The number of ether oxygens (including phenoxy) is 2. The summed E-state index contributed by atoms with van der Waals surface area (Å²) < 4.78 is 17.1. The largest absolute Gasteiger partial charge is 0.462 e. The number of esters is 2. The Morgan fingerprint density at radius 1 is 1.25 bits per heavy atom. The summed E-state index contributed by atoms with van der Waals surface area (Å²) in [4.78, 5) is 37.7. The molecule has 0 saturated heterocycles. The zero-order valence-corrected chi connectivity index (χ0v) is 17.3. The van der Waals surface area contributed by atoms with E-state index in [1.165, 1.54) is 13.2 Å². The first-order valence-electron chi connectivity index (χ1n) is 9.76. The monoisotopic (exact) mass is 388 g/mol. The lowest BCUT2D eigenvalue weighted by molar-refractivity contribution is -0.178. The average Bonchev–Trinajstić information content (AvgIpc) is 3.02. The zero-order chi connectivity index (χ0) is 20.8. The smallest absolute Gasteiger partial charge is 0.334 e. The number of ketones is 1. The Bertz CT molecular complexity index is 847. The lowest BCUT2D eigenvalue weighted by atomic mass is 9.53. The summed E-state index contributed by atoms with van der Waals surface area (Å²) in [7, 11) is 0. The predicted octanol–water partition coefficient (Wildman–Crippen LogP) is 4.32. The van der Waals surface area contributed by atoms with Crippen LogP contribution in [0.1, 0.15) is 75.2 Å². The molecule has 0 bridgehead atoms. The standard InChI is InChI=1S/C22H28O6/c1-7-11(2)21(25)28-20-16-12(3)10-26-19(16)18(24)17-15(27-14(5)23)9-8-13(4)22(17,20)6/h7,10,13,15,17,20H,8-9H2,1-6H3. The van der Waals surface area contributed by atoms with Crippen molar-refractivity contribution in [1.82, 2.24) is 0 Å². The minimum absolute atomic E-state index is 0.0828. The summed E-state index contributed by atoms with van der Waals surface area (Å²) in [6.45, 7) is 10.7. The van der Waals surface area contributed by atoms with Crippen molar-refractivity contribution in [3.8, 4) is 0 Å². The number of hydrogen-bond acceptors (Lipinski definition) is 6. The molecular weight excluding hydrogens is 360 g/mol. The maximum absolute atomic E-state index is 13.4. The van der Waals surface area contributed by atoms with Gasteiger partial charge in [0, 0.05) is 23.5 Å². The Labute approximate surface area is 165 Å². The Hall–Kier alpha value is -2.37. The number of allylic oxidation sites excluding steroid dienone is 1. The molecule has 1 saturated carbocycles. The molecule has 152 valence electrons. The number of furan rings is 1. The van der Waals surface area contributed by atoms with Gasteiger partial charge in [-0.3, -0.25) is 9.59 Å². The Balaban J connectivity index is 2.16. The van der Waals surface area contributed by atoms with Crippen LogP contribution in [0.15, 0.2) is 22.3 Å². The fraction of sp³-hybridized carbons (Fsp3) is 0.591. The molecule has 0 spiro atoms. The highest BCUT2D eigenvalue weighted by molar-refractivity contribution is 6.00. The lowest BCUT2D eigenvalue weighted by Gasteiger charge is -2.53. The molecule has 0 aliphatic heterocycles. The molecule has 0 aromatic carbocycles. The molecule has 1 fully saturated rings. The first-order valence-corrected chi connectivity index (χ1v) is 9.76. The van der Waals surface area contributed by atoms with Crippen molar-refractivity contribution in [2.24, 2.45) is 17.3 Å². The van der Waals surface area contributed by atoms with Crippen LogP contribution in [0, 0.1) is 24.2 Å². The summed E-state index contributed by atoms with van der Waals surface area (Å²) >= 11 is 0. The van der Waals surface area contributed by atoms with Gasteiger partial charge in [0.1, 0.15) is 12.2 Å². The van der Waals surface area contributed by atoms with Gasteiger partial charge in [0.15, 0.2) is 5.76 Å². The quantitative estimate of drug-likeness (QED) is 0.566. The van der Waals surface area contributed by atoms with E-state index in [0.29, 0.717) is 17.6 Å². The number of carbonyl (C=O) groups excluding carboxylic acids is 3. The maximum atomic E-state index is 13.4. The molecular formula is C22H28O6. The normalized spacial score (nSPS) is 32.4. The number of Topliss-reactive ketones (excluding diaryl/α,β-unsaturated/α-hetero) is 1. The third-order valence-corrected chi connectivity index (χ3v) is 6.64. The molecule has 28 heavy (non-hydrogen) atoms. The minimum Gasteiger partial charge on any atom is -0.462 e. The number of carbonyl (C=O) groups is 3. The number of fused-ring (bicyclic) bond motifs is 2. The second kappa shape index (κ2) is 7.22. The molecule has 6 heteroatoms. The van der Waals surface area contributed by atoms with Crippen LogP contribution < -0.4 is 0 Å². The molecule has 3 rings (SSSR count). The van der Waals surface area contributed by atoms with Gasteiger partial charge in [0.05, 0.1) is 12.2 Å². The molecule has 1 heterocycles. The average molecular weight is 388 g/mol. The molecule has 0 N–H and O–H groups in total. The van der Waals surface area contributed by atoms with Gasteiger partial charge in [0.25, 0.3) is 0 Å². The Kier molecular flexibility index (Phi) is 5.26. The zero-order valence-electron chi connectivity index (χ0n) is 17.3. The molecule has 2 aliphatic carbocycles. The van der Waals surface area contributed by atoms with E-state index in [0.717, 1.165) is 12.0 Å². The SMILES string of the molecule is CC=C(C)C(=O)OC1c2c(C)coc2C(=O)C2C(OC(C)=O)CCC(C)C12C. The van der Waals surface area contributed by atoms with Crippen LogP contribution in [-0.2, 0) is 19.1 Å². The first kappa shape index (κ1) is 20.4. The lowest BCUT2D eigenvalue weighted by Crippen LogP contribution is -2.56. The second-order valence-electron chi connectivity index (χ2n) is 8.25. The highest BCUT2D eigenvalue weighted by atomic mass is 16.6. The topological polar surface area (TPSA) is 82.8 Å². The number of rotatable bonds is 3. The van der Waals surface area contributed by atoms with Crippen molar-refractivity contribution in [2.45, 2.75) is 66.6 Å². The third-order valence-electron chi connectivity index (χ3n) is 6.64. The summed E-state index contributed by atoms with van der Waals surface area (Å²) in [5, 5.41) is 0. The van der Waals surface area contributed by atoms with Crippen LogP contribution in [0.4, 0.5) is 0 Å². The maximum Gasteiger partial charge on any atom is 0.334 e. The Morgan fingerprint density at radius 3 is 2.54 bits per heavy atom. The van der Waals surface area contributed by atoms with Crippen molar-refractivity contribution in [1.29, 1.82) is 0 Å². The second-order valence-corrected chi connectivity index (χ2v) is 8.25. The van der Waals surface area contributed by atoms with E-state index in [2.05, 4.69) is 6.92 Å². The van der Waals surface area contributed by atoms with Crippen molar-refractivity contribution in [3.05, 3.63) is 34.8 Å². The van der Waals surface area contributed by atoms with Gasteiger partial charge in [-0.15, -0.1) is 0 Å². The van der Waals surface area contributed by atoms with Gasteiger partial charge < -0.3 is 13.9 Å². The molecule has 0 radical (unpaired) electrons. The fourth-order valence-corrected chi connectivity index (χ4v) is 4.74. The van der Waals surface area contributed by atoms with Crippen LogP contribution in [0.2, 0.25) is 0 Å². The molecule has 0 amide bonds. The van der Waals surface area contributed by atoms with Crippen LogP contribution in [-0.4, -0.2) is 23.8 Å². The van der Waals surface area contributed by atoms with Crippen LogP contribution in [0.5, 0.6) is 0 Å². The van der Waals surface area contributed by atoms with E-state index >= 15 is 0 Å². The van der Waals surface area contributed by atoms with Gasteiger partial charge in [-0.1, -0.05) is 19.9 Å². The third kappa shape index (κ3) is 2.99. The van der Waals surface area contributed by atoms with E-state index in [1.54, 1.807) is 19.9 Å². The molecule has 2 aliphatic rings. The summed E-state index contributed by atoms with van der Waals surface area (Å²) in [5.41, 5.74) is 1.21. The van der Waals surface area contributed by atoms with Crippen LogP contribution in [0.25, 0.3) is 0 Å². The van der Waals surface area contributed by atoms with Crippen molar-refractivity contribution in [3.63, 3.8) is 0 Å². The summed E-state index contributed by atoms with van der Waals surface area (Å²) in [5.74, 6) is -1.36. The van der Waals surface area contributed by atoms with Crippen molar-refractivity contribution < 1.29 is 28.3 Å². The van der Waals surface area contributed by atoms with Gasteiger partial charge in [0.2, 0.25) is 5.78 Å². The van der Waals surface area contributed by atoms with E-state index in [-0.39, 0.29) is 17.5 Å². The highest BCUT2D eigenvalue weighted by Crippen LogP contribution is 2.60. The van der Waals surface area contributed by atoms with E-state index in [1.807, 2.05) is 13.8 Å². The van der Waals surface area contributed by atoms with E-state index in [9.17, 15) is 14.4 Å². The van der Waals surface area contributed by atoms with Gasteiger partial charge in [-0.25, -0.2) is 4.79 Å². The van der Waals surface area contributed by atoms with Crippen LogP contribution in [0.3, 0.4) is 0 Å². The van der Waals surface area contributed by atoms with Crippen LogP contribution >= 0.6 is 0 Å². The number of hydrogen-bond donors (Lipinski definition) is 0. The van der Waals surface area contributed by atoms with E-state index in [4.69, 9.17) is 13.9 Å². The first-order chi connectivity index (χ1) is 13.1. The summed E-state index contributed by atoms with van der Waals surface area (Å²) in [6, 6.07) is 0. The molecule has 6 nitrogen and oxygen atoms in total. The van der Waals surface area contributed by atoms with E-state index < -0.39 is 35.5 Å². The predicted molar refractivity (Wildman–Crippen MR) is 102 cm³/mol.